The molecule has 3 aromatic rings. The second-order valence-electron chi connectivity index (χ2n) is 7.84. The topological polar surface area (TPSA) is 101 Å². The van der Waals surface area contributed by atoms with Crippen LogP contribution in [0.2, 0.25) is 5.02 Å². The van der Waals surface area contributed by atoms with E-state index in [0.29, 0.717) is 27.3 Å². The quantitative estimate of drug-likeness (QED) is 0.616. The number of amides is 1. The van der Waals surface area contributed by atoms with Crippen molar-refractivity contribution in [3.05, 3.63) is 63.7 Å². The monoisotopic (exact) mass is 414 g/mol. The zero-order chi connectivity index (χ0) is 21.5. The molecule has 152 valence electrons. The van der Waals surface area contributed by atoms with Gasteiger partial charge in [0.2, 0.25) is 0 Å². The summed E-state index contributed by atoms with van der Waals surface area (Å²) < 4.78 is 1.40. The van der Waals surface area contributed by atoms with Crippen LogP contribution in [0.5, 0.6) is 0 Å². The molecule has 3 rings (SSSR count). The van der Waals surface area contributed by atoms with Crippen LogP contribution in [0.25, 0.3) is 16.6 Å². The van der Waals surface area contributed by atoms with E-state index in [1.165, 1.54) is 9.47 Å². The molecule has 1 atom stereocenters. The van der Waals surface area contributed by atoms with E-state index < -0.39 is 17.7 Å². The number of nitrogen functional groups attached to an aromatic ring is 1. The van der Waals surface area contributed by atoms with E-state index >= 15 is 0 Å². The van der Waals surface area contributed by atoms with E-state index in [0.717, 1.165) is 0 Å². The third kappa shape index (κ3) is 3.78. The molecule has 0 fully saturated rings. The molecule has 0 spiro atoms. The lowest BCUT2D eigenvalue weighted by molar-refractivity contribution is 0.0719. The summed E-state index contributed by atoms with van der Waals surface area (Å²) in [5, 5.41) is 10.5. The van der Waals surface area contributed by atoms with E-state index in [9.17, 15) is 14.7 Å². The predicted octanol–water partition coefficient (Wildman–Crippen LogP) is 4.46. The van der Waals surface area contributed by atoms with E-state index in [-0.39, 0.29) is 11.4 Å². The summed E-state index contributed by atoms with van der Waals surface area (Å²) in [6.07, 6.45) is -1.11. The molecule has 1 aromatic heterocycles. The van der Waals surface area contributed by atoms with Gasteiger partial charge >= 0.3 is 6.09 Å². The first-order valence-corrected chi connectivity index (χ1v) is 9.49. The molecule has 8 heteroatoms. The molecule has 0 aliphatic heterocycles. The number of halogens is 1. The van der Waals surface area contributed by atoms with E-state index in [2.05, 4.69) is 4.98 Å². The fourth-order valence-corrected chi connectivity index (χ4v) is 3.75. The zero-order valence-corrected chi connectivity index (χ0v) is 17.4. The molecule has 1 unspecified atom stereocenters. The van der Waals surface area contributed by atoms with Gasteiger partial charge in [0.05, 0.1) is 27.7 Å². The minimum Gasteiger partial charge on any atom is -0.465 e. The van der Waals surface area contributed by atoms with E-state index in [1.807, 2.05) is 0 Å². The van der Waals surface area contributed by atoms with Gasteiger partial charge in [-0.3, -0.25) is 14.3 Å². The molecule has 2 aromatic carbocycles. The van der Waals surface area contributed by atoms with Gasteiger partial charge in [-0.1, -0.05) is 23.7 Å². The Morgan fingerprint density at radius 3 is 2.48 bits per heavy atom. The van der Waals surface area contributed by atoms with Crippen LogP contribution >= 0.6 is 11.6 Å². The average Bonchev–Trinajstić information content (AvgIpc) is 2.60. The lowest BCUT2D eigenvalue weighted by Gasteiger charge is -2.38. The first-order chi connectivity index (χ1) is 13.5. The van der Waals surface area contributed by atoms with Crippen LogP contribution in [-0.4, -0.2) is 31.2 Å². The van der Waals surface area contributed by atoms with Gasteiger partial charge in [0.1, 0.15) is 5.82 Å². The number of carboxylic acid groups (broad SMARTS) is 1. The van der Waals surface area contributed by atoms with Crippen LogP contribution < -0.4 is 11.3 Å². The number of fused-ring (bicyclic) bond motifs is 1. The first kappa shape index (κ1) is 20.7. The van der Waals surface area contributed by atoms with Crippen LogP contribution in [-0.2, 0) is 0 Å². The second-order valence-corrected chi connectivity index (χ2v) is 8.25. The maximum atomic E-state index is 13.4. The van der Waals surface area contributed by atoms with Crippen molar-refractivity contribution in [2.75, 3.05) is 5.73 Å². The standard InChI is InChI=1S/C21H23ClN4O3/c1-12(26(20(28)29)21(2,3)4)18-24-17-15(9-6-10-16(17)22)19(27)25(18)14-8-5-7-13(23)11-14/h5-12H,23H2,1-4H3,(H,28,29). The van der Waals surface area contributed by atoms with Gasteiger partial charge in [-0.15, -0.1) is 0 Å². The van der Waals surface area contributed by atoms with Crippen molar-refractivity contribution in [3.63, 3.8) is 0 Å². The van der Waals surface area contributed by atoms with E-state index in [4.69, 9.17) is 17.3 Å². The van der Waals surface area contributed by atoms with Gasteiger partial charge in [-0.05, 0) is 58.0 Å². The van der Waals surface area contributed by atoms with Crippen LogP contribution in [0.4, 0.5) is 10.5 Å². The van der Waals surface area contributed by atoms with E-state index in [1.54, 1.807) is 70.2 Å². The zero-order valence-electron chi connectivity index (χ0n) is 16.7. The van der Waals surface area contributed by atoms with Gasteiger partial charge in [0.15, 0.2) is 0 Å². The molecular formula is C21H23ClN4O3. The summed E-state index contributed by atoms with van der Waals surface area (Å²) in [5.41, 5.74) is 6.17. The highest BCUT2D eigenvalue weighted by Gasteiger charge is 2.34. The minimum atomic E-state index is -1.11. The molecule has 1 heterocycles. The maximum Gasteiger partial charge on any atom is 0.408 e. The van der Waals surface area contributed by atoms with Crippen molar-refractivity contribution in [2.24, 2.45) is 0 Å². The van der Waals surface area contributed by atoms with Crippen LogP contribution in [0.3, 0.4) is 0 Å². The molecule has 0 bridgehead atoms. The number of benzene rings is 2. The molecule has 1 amide bonds. The normalized spacial score (nSPS) is 12.7. The molecule has 29 heavy (non-hydrogen) atoms. The number of para-hydroxylation sites is 1. The number of nitrogens with two attached hydrogens (primary N) is 1. The number of rotatable bonds is 3. The fraction of sp³-hybridized carbons (Fsp3) is 0.286. The maximum absolute atomic E-state index is 13.4. The fourth-order valence-electron chi connectivity index (χ4n) is 3.53. The Labute approximate surface area is 173 Å². The molecule has 3 N–H and O–H groups in total. The lowest BCUT2D eigenvalue weighted by Crippen LogP contribution is -2.47. The van der Waals surface area contributed by atoms with Crippen LogP contribution in [0.15, 0.2) is 47.3 Å². The Morgan fingerprint density at radius 2 is 1.90 bits per heavy atom. The number of hydrogen-bond donors (Lipinski definition) is 2. The number of carbonyl (C=O) groups is 1. The molecule has 0 aliphatic carbocycles. The molecule has 0 aliphatic rings. The van der Waals surface area contributed by atoms with Crippen molar-refractivity contribution in [3.8, 4) is 5.69 Å². The molecule has 0 saturated heterocycles. The molecular weight excluding hydrogens is 392 g/mol. The summed E-state index contributed by atoms with van der Waals surface area (Å²) in [6, 6.07) is 11.1. The van der Waals surface area contributed by atoms with Crippen molar-refractivity contribution < 1.29 is 9.90 Å². The van der Waals surface area contributed by atoms with Crippen LogP contribution in [0.1, 0.15) is 39.6 Å². The van der Waals surface area contributed by atoms with Crippen molar-refractivity contribution >= 4 is 34.3 Å². The third-order valence-corrected chi connectivity index (χ3v) is 5.00. The highest BCUT2D eigenvalue weighted by molar-refractivity contribution is 6.35. The Balaban J connectivity index is 2.41. The number of anilines is 1. The Morgan fingerprint density at radius 1 is 1.24 bits per heavy atom. The Bertz CT molecular complexity index is 1150. The third-order valence-electron chi connectivity index (χ3n) is 4.69. The van der Waals surface area contributed by atoms with Crippen molar-refractivity contribution in [2.45, 2.75) is 39.3 Å². The van der Waals surface area contributed by atoms with Crippen LogP contribution in [0, 0.1) is 0 Å². The van der Waals surface area contributed by atoms with Gasteiger partial charge in [-0.2, -0.15) is 0 Å². The summed E-state index contributed by atoms with van der Waals surface area (Å²) in [7, 11) is 0. The molecule has 0 saturated carbocycles. The van der Waals surface area contributed by atoms with Gasteiger partial charge in [0, 0.05) is 11.2 Å². The van der Waals surface area contributed by atoms with Crippen molar-refractivity contribution in [1.82, 2.24) is 14.5 Å². The summed E-state index contributed by atoms with van der Waals surface area (Å²) >= 11 is 6.30. The number of aromatic nitrogens is 2. The second kappa shape index (κ2) is 7.40. The molecule has 0 radical (unpaired) electrons. The highest BCUT2D eigenvalue weighted by atomic mass is 35.5. The SMILES string of the molecule is CC(c1nc2c(Cl)cccc2c(=O)n1-c1cccc(N)c1)N(C(=O)O)C(C)(C)C. The van der Waals surface area contributed by atoms with Crippen molar-refractivity contribution in [1.29, 1.82) is 0 Å². The molecule has 7 nitrogen and oxygen atoms in total. The average molecular weight is 415 g/mol. The van der Waals surface area contributed by atoms with Gasteiger partial charge < -0.3 is 10.8 Å². The van der Waals surface area contributed by atoms with Gasteiger partial charge in [-0.25, -0.2) is 9.78 Å². The minimum absolute atomic E-state index is 0.263. The first-order valence-electron chi connectivity index (χ1n) is 9.11. The summed E-state index contributed by atoms with van der Waals surface area (Å²) in [4.78, 5) is 31.4. The number of nitrogens with zero attached hydrogens (tertiary/aromatic N) is 3. The Hall–Kier alpha value is -3.06. The lowest BCUT2D eigenvalue weighted by atomic mass is 10.0. The summed E-state index contributed by atoms with van der Waals surface area (Å²) in [5.74, 6) is 0.263. The highest BCUT2D eigenvalue weighted by Crippen LogP contribution is 2.30. The summed E-state index contributed by atoms with van der Waals surface area (Å²) in [6.45, 7) is 7.06. The Kier molecular flexibility index (Phi) is 5.28. The largest absolute Gasteiger partial charge is 0.465 e. The predicted molar refractivity (Wildman–Crippen MR) is 115 cm³/mol. The van der Waals surface area contributed by atoms with Gasteiger partial charge in [0.25, 0.3) is 5.56 Å². The number of hydrogen-bond acceptors (Lipinski definition) is 4. The smallest absolute Gasteiger partial charge is 0.408 e.